The van der Waals surface area contributed by atoms with E-state index < -0.39 is 30.4 Å². The summed E-state index contributed by atoms with van der Waals surface area (Å²) in [6.45, 7) is 1.89. The second-order valence-electron chi connectivity index (χ2n) is 5.29. The van der Waals surface area contributed by atoms with Gasteiger partial charge in [0, 0.05) is 6.04 Å². The van der Waals surface area contributed by atoms with E-state index in [1.165, 1.54) is 6.42 Å². The maximum Gasteiger partial charge on any atom is 0.326 e. The number of urea groups is 1. The van der Waals surface area contributed by atoms with Crippen molar-refractivity contribution in [1.29, 1.82) is 0 Å². The van der Waals surface area contributed by atoms with Crippen LogP contribution in [0, 0.1) is 5.92 Å². The molecule has 0 radical (unpaired) electrons. The van der Waals surface area contributed by atoms with Crippen molar-refractivity contribution in [2.45, 2.75) is 57.5 Å². The van der Waals surface area contributed by atoms with E-state index in [9.17, 15) is 14.4 Å². The van der Waals surface area contributed by atoms with Crippen LogP contribution in [0.1, 0.15) is 45.4 Å². The topological polar surface area (TPSA) is 116 Å². The van der Waals surface area contributed by atoms with Crippen molar-refractivity contribution in [2.24, 2.45) is 5.92 Å². The van der Waals surface area contributed by atoms with Crippen LogP contribution in [0.15, 0.2) is 0 Å². The van der Waals surface area contributed by atoms with Crippen molar-refractivity contribution in [3.63, 3.8) is 0 Å². The molecule has 0 saturated heterocycles. The van der Waals surface area contributed by atoms with Gasteiger partial charge < -0.3 is 20.8 Å². The number of rotatable bonds is 6. The number of aliphatic carboxylic acids is 2. The maximum absolute atomic E-state index is 11.7. The molecule has 2 amide bonds. The fraction of sp³-hybridized carbons (Fsp3) is 0.769. The Balaban J connectivity index is 2.43. The van der Waals surface area contributed by atoms with Crippen LogP contribution in [0.4, 0.5) is 4.79 Å². The average molecular weight is 286 g/mol. The van der Waals surface area contributed by atoms with Gasteiger partial charge in [-0.25, -0.2) is 9.59 Å². The summed E-state index contributed by atoms with van der Waals surface area (Å²) in [6.07, 6.45) is 4.98. The molecular weight excluding hydrogens is 264 g/mol. The Hall–Kier alpha value is -1.79. The molecule has 1 rings (SSSR count). The third-order valence-corrected chi connectivity index (χ3v) is 3.70. The Morgan fingerprint density at radius 1 is 1.10 bits per heavy atom. The number of amides is 2. The molecule has 1 fully saturated rings. The molecule has 1 saturated carbocycles. The molecule has 0 spiro atoms. The minimum absolute atomic E-state index is 0.0467. The van der Waals surface area contributed by atoms with Gasteiger partial charge in [-0.2, -0.15) is 0 Å². The predicted octanol–water partition coefficient (Wildman–Crippen LogP) is 1.18. The lowest BCUT2D eigenvalue weighted by atomic mass is 9.85. The van der Waals surface area contributed by atoms with Crippen LogP contribution in [-0.4, -0.2) is 40.3 Å². The monoisotopic (exact) mass is 286 g/mol. The Bertz CT molecular complexity index is 366. The molecule has 0 heterocycles. The highest BCUT2D eigenvalue weighted by Gasteiger charge is 2.25. The lowest BCUT2D eigenvalue weighted by Crippen LogP contribution is -2.50. The summed E-state index contributed by atoms with van der Waals surface area (Å²) < 4.78 is 0. The Labute approximate surface area is 117 Å². The van der Waals surface area contributed by atoms with Gasteiger partial charge in [-0.05, 0) is 25.7 Å². The van der Waals surface area contributed by atoms with Crippen LogP contribution in [0.25, 0.3) is 0 Å². The number of carbonyl (C=O) groups is 3. The van der Waals surface area contributed by atoms with Crippen LogP contribution in [0.3, 0.4) is 0 Å². The molecule has 7 nitrogen and oxygen atoms in total. The standard InChI is InChI=1S/C13H22N2O5/c1-8(9-5-3-2-4-6-9)14-13(20)15-10(12(18)19)7-11(16)17/h8-10H,2-7H2,1H3,(H,16,17)(H,18,19)(H2,14,15,20)/t8?,10-/m0/s1. The number of carbonyl (C=O) groups excluding carboxylic acids is 1. The summed E-state index contributed by atoms with van der Waals surface area (Å²) in [7, 11) is 0. The van der Waals surface area contributed by atoms with E-state index in [0.717, 1.165) is 25.7 Å². The van der Waals surface area contributed by atoms with Crippen molar-refractivity contribution in [3.05, 3.63) is 0 Å². The van der Waals surface area contributed by atoms with Crippen LogP contribution >= 0.6 is 0 Å². The second-order valence-corrected chi connectivity index (χ2v) is 5.29. The number of carboxylic acid groups (broad SMARTS) is 2. The van der Waals surface area contributed by atoms with Gasteiger partial charge in [0.25, 0.3) is 0 Å². The number of hydrogen-bond donors (Lipinski definition) is 4. The summed E-state index contributed by atoms with van der Waals surface area (Å²) in [5.74, 6) is -2.22. The minimum atomic E-state index is -1.41. The first-order valence-corrected chi connectivity index (χ1v) is 6.91. The molecule has 1 aliphatic rings. The van der Waals surface area contributed by atoms with Crippen molar-refractivity contribution in [1.82, 2.24) is 10.6 Å². The first kappa shape index (κ1) is 16.3. The zero-order chi connectivity index (χ0) is 15.1. The molecule has 114 valence electrons. The van der Waals surface area contributed by atoms with E-state index in [1.54, 1.807) is 0 Å². The van der Waals surface area contributed by atoms with E-state index in [-0.39, 0.29) is 6.04 Å². The zero-order valence-corrected chi connectivity index (χ0v) is 11.6. The third kappa shape index (κ3) is 5.46. The summed E-state index contributed by atoms with van der Waals surface area (Å²) in [5.41, 5.74) is 0. The van der Waals surface area contributed by atoms with E-state index in [2.05, 4.69) is 10.6 Å². The molecule has 0 aromatic heterocycles. The Kier molecular flexibility index (Phi) is 6.27. The number of hydrogen-bond acceptors (Lipinski definition) is 3. The lowest BCUT2D eigenvalue weighted by molar-refractivity contribution is -0.145. The highest BCUT2D eigenvalue weighted by molar-refractivity contribution is 5.86. The van der Waals surface area contributed by atoms with Crippen LogP contribution in [-0.2, 0) is 9.59 Å². The fourth-order valence-electron chi connectivity index (χ4n) is 2.53. The van der Waals surface area contributed by atoms with Gasteiger partial charge in [0.15, 0.2) is 0 Å². The second kappa shape index (κ2) is 7.72. The molecule has 7 heteroatoms. The summed E-state index contributed by atoms with van der Waals surface area (Å²) in [5, 5.41) is 22.3. The molecule has 0 aromatic carbocycles. The quantitative estimate of drug-likeness (QED) is 0.585. The van der Waals surface area contributed by atoms with Gasteiger partial charge in [-0.15, -0.1) is 0 Å². The van der Waals surface area contributed by atoms with E-state index in [4.69, 9.17) is 10.2 Å². The molecule has 4 N–H and O–H groups in total. The molecule has 1 unspecified atom stereocenters. The van der Waals surface area contributed by atoms with Gasteiger partial charge in [0.1, 0.15) is 6.04 Å². The highest BCUT2D eigenvalue weighted by Crippen LogP contribution is 2.26. The molecular formula is C13H22N2O5. The van der Waals surface area contributed by atoms with Crippen molar-refractivity contribution in [2.75, 3.05) is 0 Å². The van der Waals surface area contributed by atoms with Crippen LogP contribution in [0.2, 0.25) is 0 Å². The number of carboxylic acids is 2. The smallest absolute Gasteiger partial charge is 0.326 e. The Morgan fingerprint density at radius 3 is 2.20 bits per heavy atom. The first-order chi connectivity index (χ1) is 9.40. The van der Waals surface area contributed by atoms with Crippen molar-refractivity contribution < 1.29 is 24.6 Å². The van der Waals surface area contributed by atoms with E-state index in [1.807, 2.05) is 6.92 Å². The van der Waals surface area contributed by atoms with Gasteiger partial charge in [0.05, 0.1) is 6.42 Å². The van der Waals surface area contributed by atoms with Crippen LogP contribution < -0.4 is 10.6 Å². The van der Waals surface area contributed by atoms with Gasteiger partial charge in [-0.3, -0.25) is 4.79 Å². The van der Waals surface area contributed by atoms with Gasteiger partial charge in [0.2, 0.25) is 0 Å². The molecule has 2 atom stereocenters. The highest BCUT2D eigenvalue weighted by atomic mass is 16.4. The van der Waals surface area contributed by atoms with E-state index >= 15 is 0 Å². The molecule has 0 bridgehead atoms. The fourth-order valence-corrected chi connectivity index (χ4v) is 2.53. The number of nitrogens with one attached hydrogen (secondary N) is 2. The van der Waals surface area contributed by atoms with Crippen molar-refractivity contribution >= 4 is 18.0 Å². The lowest BCUT2D eigenvalue weighted by Gasteiger charge is -2.28. The average Bonchev–Trinajstić information content (AvgIpc) is 2.38. The maximum atomic E-state index is 11.7. The summed E-state index contributed by atoms with van der Waals surface area (Å²) in [4.78, 5) is 33.1. The molecule has 20 heavy (non-hydrogen) atoms. The zero-order valence-electron chi connectivity index (χ0n) is 11.6. The SMILES string of the molecule is CC(NC(=O)N[C@@H](CC(=O)O)C(=O)O)C1CCCCC1. The third-order valence-electron chi connectivity index (χ3n) is 3.70. The normalized spacial score (nSPS) is 18.9. The molecule has 1 aliphatic carbocycles. The van der Waals surface area contributed by atoms with Gasteiger partial charge in [-0.1, -0.05) is 19.3 Å². The Morgan fingerprint density at radius 2 is 1.70 bits per heavy atom. The minimum Gasteiger partial charge on any atom is -0.481 e. The first-order valence-electron chi connectivity index (χ1n) is 6.91. The van der Waals surface area contributed by atoms with E-state index in [0.29, 0.717) is 5.92 Å². The summed E-state index contributed by atoms with van der Waals surface area (Å²) >= 11 is 0. The van der Waals surface area contributed by atoms with Gasteiger partial charge >= 0.3 is 18.0 Å². The van der Waals surface area contributed by atoms with Crippen molar-refractivity contribution in [3.8, 4) is 0 Å². The molecule has 0 aromatic rings. The molecule has 0 aliphatic heterocycles. The summed E-state index contributed by atoms with van der Waals surface area (Å²) in [6, 6.07) is -2.09. The van der Waals surface area contributed by atoms with Crippen LogP contribution in [0.5, 0.6) is 0 Å². The largest absolute Gasteiger partial charge is 0.481 e. The predicted molar refractivity (Wildman–Crippen MR) is 71.4 cm³/mol.